The van der Waals surface area contributed by atoms with Gasteiger partial charge in [-0.25, -0.2) is 0 Å². The second-order valence-corrected chi connectivity index (χ2v) is 4.42. The summed E-state index contributed by atoms with van der Waals surface area (Å²) in [5, 5.41) is 2.88. The van der Waals surface area contributed by atoms with Crippen molar-refractivity contribution in [3.63, 3.8) is 0 Å². The molecule has 2 heteroatoms. The molecular formula is C14H21NO. The Morgan fingerprint density at radius 2 is 1.88 bits per heavy atom. The Kier molecular flexibility index (Phi) is 5.03. The quantitative estimate of drug-likeness (QED) is 0.810. The Balaban J connectivity index is 2.51. The highest BCUT2D eigenvalue weighted by Crippen LogP contribution is 2.14. The number of nitrogens with one attached hydrogen (secondary N) is 1. The van der Waals surface area contributed by atoms with Crippen molar-refractivity contribution < 1.29 is 4.79 Å². The number of benzene rings is 1. The number of carbonyl (C=O) groups excluding carboxylic acids is 1. The van der Waals surface area contributed by atoms with Crippen molar-refractivity contribution in [1.29, 1.82) is 0 Å². The van der Waals surface area contributed by atoms with Gasteiger partial charge in [0.05, 0.1) is 6.42 Å². The van der Waals surface area contributed by atoms with Crippen LogP contribution >= 0.6 is 0 Å². The summed E-state index contributed by atoms with van der Waals surface area (Å²) in [5.74, 6) is 0.655. The van der Waals surface area contributed by atoms with Gasteiger partial charge in [0.15, 0.2) is 0 Å². The summed E-state index contributed by atoms with van der Waals surface area (Å²) in [7, 11) is 0. The van der Waals surface area contributed by atoms with Crippen molar-refractivity contribution in [2.75, 3.05) is 6.54 Å². The summed E-state index contributed by atoms with van der Waals surface area (Å²) in [4.78, 5) is 11.5. The van der Waals surface area contributed by atoms with Crippen LogP contribution in [0.3, 0.4) is 0 Å². The molecule has 1 rings (SSSR count). The maximum Gasteiger partial charge on any atom is 0.224 e. The minimum atomic E-state index is 0.110. The third kappa shape index (κ3) is 4.05. The maximum absolute atomic E-state index is 11.5. The van der Waals surface area contributed by atoms with Gasteiger partial charge in [-0.2, -0.15) is 0 Å². The molecule has 0 aromatic heterocycles. The molecule has 0 saturated carbocycles. The van der Waals surface area contributed by atoms with Crippen molar-refractivity contribution in [2.45, 2.75) is 39.5 Å². The highest BCUT2D eigenvalue weighted by atomic mass is 16.1. The summed E-state index contributed by atoms with van der Waals surface area (Å²) in [5.41, 5.74) is 2.40. The van der Waals surface area contributed by atoms with E-state index >= 15 is 0 Å². The zero-order chi connectivity index (χ0) is 12.0. The normalized spacial score (nSPS) is 10.5. The molecule has 16 heavy (non-hydrogen) atoms. The lowest BCUT2D eigenvalue weighted by atomic mass is 10.0. The number of rotatable bonds is 5. The Labute approximate surface area is 98.1 Å². The second kappa shape index (κ2) is 6.31. The van der Waals surface area contributed by atoms with Crippen molar-refractivity contribution in [3.8, 4) is 0 Å². The fourth-order valence-electron chi connectivity index (χ4n) is 1.53. The maximum atomic E-state index is 11.5. The van der Waals surface area contributed by atoms with Gasteiger partial charge in [-0.15, -0.1) is 0 Å². The van der Waals surface area contributed by atoms with Gasteiger partial charge < -0.3 is 5.32 Å². The number of amides is 1. The molecule has 2 nitrogen and oxygen atoms in total. The van der Waals surface area contributed by atoms with E-state index in [0.29, 0.717) is 12.3 Å². The van der Waals surface area contributed by atoms with E-state index in [1.165, 1.54) is 5.56 Å². The molecule has 0 saturated heterocycles. The smallest absolute Gasteiger partial charge is 0.224 e. The molecule has 0 spiro atoms. The van der Waals surface area contributed by atoms with Gasteiger partial charge in [0.1, 0.15) is 0 Å². The molecule has 1 amide bonds. The third-order valence-corrected chi connectivity index (χ3v) is 2.58. The molecule has 88 valence electrons. The first-order valence-corrected chi connectivity index (χ1v) is 5.99. The average Bonchev–Trinajstić information content (AvgIpc) is 2.27. The lowest BCUT2D eigenvalue weighted by Gasteiger charge is -2.07. The first-order valence-electron chi connectivity index (χ1n) is 5.99. The number of carbonyl (C=O) groups is 1. The predicted molar refractivity (Wildman–Crippen MR) is 67.5 cm³/mol. The topological polar surface area (TPSA) is 29.1 Å². The van der Waals surface area contributed by atoms with E-state index in [9.17, 15) is 4.79 Å². The van der Waals surface area contributed by atoms with Gasteiger partial charge in [-0.1, -0.05) is 45.0 Å². The van der Waals surface area contributed by atoms with Gasteiger partial charge in [0, 0.05) is 6.54 Å². The van der Waals surface area contributed by atoms with Gasteiger partial charge in [-0.3, -0.25) is 4.79 Å². The summed E-state index contributed by atoms with van der Waals surface area (Å²) in [6.07, 6.45) is 1.47. The summed E-state index contributed by atoms with van der Waals surface area (Å²) >= 11 is 0. The van der Waals surface area contributed by atoms with Crippen LogP contribution in [0.5, 0.6) is 0 Å². The zero-order valence-electron chi connectivity index (χ0n) is 10.4. The van der Waals surface area contributed by atoms with Gasteiger partial charge in [0.2, 0.25) is 5.91 Å². The molecular weight excluding hydrogens is 198 g/mol. The van der Waals surface area contributed by atoms with Crippen LogP contribution in [-0.4, -0.2) is 12.5 Å². The second-order valence-electron chi connectivity index (χ2n) is 4.42. The van der Waals surface area contributed by atoms with Crippen molar-refractivity contribution in [1.82, 2.24) is 5.32 Å². The van der Waals surface area contributed by atoms with Crippen molar-refractivity contribution in [3.05, 3.63) is 35.4 Å². The highest BCUT2D eigenvalue weighted by molar-refractivity contribution is 5.78. The van der Waals surface area contributed by atoms with E-state index in [0.717, 1.165) is 18.5 Å². The van der Waals surface area contributed by atoms with Gasteiger partial charge in [0.25, 0.3) is 0 Å². The number of hydrogen-bond acceptors (Lipinski definition) is 1. The average molecular weight is 219 g/mol. The van der Waals surface area contributed by atoms with Crippen LogP contribution in [0.2, 0.25) is 0 Å². The standard InChI is InChI=1S/C14H21NO/c1-4-9-15-14(16)10-12-5-7-13(8-6-12)11(2)3/h5-8,11H,4,9-10H2,1-3H3,(H,15,16). The summed E-state index contributed by atoms with van der Waals surface area (Å²) < 4.78 is 0. The molecule has 0 aliphatic rings. The van der Waals surface area contributed by atoms with Gasteiger partial charge >= 0.3 is 0 Å². The molecule has 0 bridgehead atoms. The van der Waals surface area contributed by atoms with Crippen LogP contribution in [0.15, 0.2) is 24.3 Å². The largest absolute Gasteiger partial charge is 0.356 e. The van der Waals surface area contributed by atoms with Crippen LogP contribution in [0, 0.1) is 0 Å². The van der Waals surface area contributed by atoms with E-state index < -0.39 is 0 Å². The molecule has 1 aromatic carbocycles. The molecule has 0 aliphatic carbocycles. The minimum absolute atomic E-state index is 0.110. The Hall–Kier alpha value is -1.31. The van der Waals surface area contributed by atoms with E-state index in [1.807, 2.05) is 12.1 Å². The molecule has 0 fully saturated rings. The SMILES string of the molecule is CCCNC(=O)Cc1ccc(C(C)C)cc1. The van der Waals surface area contributed by atoms with Crippen molar-refractivity contribution in [2.24, 2.45) is 0 Å². The van der Waals surface area contributed by atoms with E-state index in [-0.39, 0.29) is 5.91 Å². The Morgan fingerprint density at radius 3 is 2.38 bits per heavy atom. The first-order chi connectivity index (χ1) is 7.63. The van der Waals surface area contributed by atoms with Crippen LogP contribution < -0.4 is 5.32 Å². The molecule has 0 aliphatic heterocycles. The Morgan fingerprint density at radius 1 is 1.25 bits per heavy atom. The monoisotopic (exact) mass is 219 g/mol. The number of hydrogen-bond donors (Lipinski definition) is 1. The van der Waals surface area contributed by atoms with Crippen LogP contribution in [0.25, 0.3) is 0 Å². The predicted octanol–water partition coefficient (Wildman–Crippen LogP) is 2.88. The fourth-order valence-corrected chi connectivity index (χ4v) is 1.53. The fraction of sp³-hybridized carbons (Fsp3) is 0.500. The van der Waals surface area contributed by atoms with E-state index in [1.54, 1.807) is 0 Å². The zero-order valence-corrected chi connectivity index (χ0v) is 10.4. The Bertz CT molecular complexity index is 327. The molecule has 0 radical (unpaired) electrons. The van der Waals surface area contributed by atoms with Gasteiger partial charge in [-0.05, 0) is 23.5 Å². The first kappa shape index (κ1) is 12.8. The minimum Gasteiger partial charge on any atom is -0.356 e. The van der Waals surface area contributed by atoms with Crippen LogP contribution in [0.1, 0.15) is 44.2 Å². The molecule has 1 N–H and O–H groups in total. The lowest BCUT2D eigenvalue weighted by Crippen LogP contribution is -2.25. The van der Waals surface area contributed by atoms with E-state index in [2.05, 4.69) is 38.2 Å². The van der Waals surface area contributed by atoms with E-state index in [4.69, 9.17) is 0 Å². The third-order valence-electron chi connectivity index (χ3n) is 2.58. The molecule has 0 heterocycles. The summed E-state index contributed by atoms with van der Waals surface area (Å²) in [6.45, 7) is 7.16. The van der Waals surface area contributed by atoms with Crippen LogP contribution in [0.4, 0.5) is 0 Å². The molecule has 1 aromatic rings. The van der Waals surface area contributed by atoms with Crippen molar-refractivity contribution >= 4 is 5.91 Å². The molecule has 0 atom stereocenters. The molecule has 0 unspecified atom stereocenters. The summed E-state index contributed by atoms with van der Waals surface area (Å²) in [6, 6.07) is 8.29. The van der Waals surface area contributed by atoms with Crippen LogP contribution in [-0.2, 0) is 11.2 Å². The lowest BCUT2D eigenvalue weighted by molar-refractivity contribution is -0.120. The highest BCUT2D eigenvalue weighted by Gasteiger charge is 2.03.